The third kappa shape index (κ3) is 5.21. The van der Waals surface area contributed by atoms with Gasteiger partial charge in [-0.05, 0) is 24.2 Å². The van der Waals surface area contributed by atoms with E-state index in [0.717, 1.165) is 17.7 Å². The second-order valence-electron chi connectivity index (χ2n) is 4.06. The van der Waals surface area contributed by atoms with Gasteiger partial charge in [-0.3, -0.25) is 9.59 Å². The summed E-state index contributed by atoms with van der Waals surface area (Å²) in [5.74, 6) is 0.495. The third-order valence-corrected chi connectivity index (χ3v) is 4.44. The molecule has 90 valence electrons. The minimum Gasteiger partial charge on any atom is -0.287 e. The number of hydrogen-bond acceptors (Lipinski definition) is 4. The first-order chi connectivity index (χ1) is 7.59. The van der Waals surface area contributed by atoms with E-state index >= 15 is 0 Å². The maximum Gasteiger partial charge on any atom is 0.190 e. The van der Waals surface area contributed by atoms with Gasteiger partial charge in [0.1, 0.15) is 0 Å². The van der Waals surface area contributed by atoms with Crippen LogP contribution in [0.4, 0.5) is 0 Å². The van der Waals surface area contributed by atoms with Gasteiger partial charge in [-0.25, -0.2) is 0 Å². The van der Waals surface area contributed by atoms with Crippen molar-refractivity contribution >= 4 is 33.8 Å². The zero-order valence-corrected chi connectivity index (χ0v) is 11.5. The molecule has 0 radical (unpaired) electrons. The van der Waals surface area contributed by atoms with E-state index in [9.17, 15) is 9.59 Å². The fourth-order valence-corrected chi connectivity index (χ4v) is 3.44. The Hall–Kier alpha value is -0.220. The SMILES string of the molecule is CC(=O)S/C=C(\SC(C)=O)C1CCCCC1. The van der Waals surface area contributed by atoms with Crippen LogP contribution in [0.25, 0.3) is 0 Å². The Morgan fingerprint density at radius 3 is 2.19 bits per heavy atom. The molecule has 0 heterocycles. The molecule has 0 unspecified atom stereocenters. The summed E-state index contributed by atoms with van der Waals surface area (Å²) < 4.78 is 0. The molecular formula is C12H18O2S2. The topological polar surface area (TPSA) is 34.1 Å². The van der Waals surface area contributed by atoms with Crippen LogP contribution in [0.3, 0.4) is 0 Å². The van der Waals surface area contributed by atoms with E-state index in [-0.39, 0.29) is 10.2 Å². The van der Waals surface area contributed by atoms with Crippen molar-refractivity contribution < 1.29 is 9.59 Å². The third-order valence-electron chi connectivity index (χ3n) is 2.61. The van der Waals surface area contributed by atoms with Crippen LogP contribution in [-0.4, -0.2) is 10.2 Å². The van der Waals surface area contributed by atoms with Gasteiger partial charge < -0.3 is 0 Å². The van der Waals surface area contributed by atoms with E-state index in [4.69, 9.17) is 0 Å². The van der Waals surface area contributed by atoms with Crippen molar-refractivity contribution in [3.63, 3.8) is 0 Å². The van der Waals surface area contributed by atoms with Crippen molar-refractivity contribution in [3.05, 3.63) is 10.3 Å². The maximum absolute atomic E-state index is 11.2. The molecule has 0 atom stereocenters. The van der Waals surface area contributed by atoms with E-state index in [1.807, 2.05) is 5.41 Å². The molecule has 0 saturated heterocycles. The minimum atomic E-state index is 0.0810. The van der Waals surface area contributed by atoms with Crippen LogP contribution in [0.5, 0.6) is 0 Å². The number of allylic oxidation sites excluding steroid dienone is 1. The van der Waals surface area contributed by atoms with E-state index in [1.165, 1.54) is 42.8 Å². The summed E-state index contributed by atoms with van der Waals surface area (Å²) in [6.45, 7) is 3.14. The largest absolute Gasteiger partial charge is 0.287 e. The monoisotopic (exact) mass is 258 g/mol. The Balaban J connectivity index is 2.64. The van der Waals surface area contributed by atoms with E-state index in [1.54, 1.807) is 13.8 Å². The molecule has 16 heavy (non-hydrogen) atoms. The lowest BCUT2D eigenvalue weighted by molar-refractivity contribution is -0.109. The number of carbonyl (C=O) groups is 2. The molecule has 0 aromatic carbocycles. The molecule has 0 spiro atoms. The van der Waals surface area contributed by atoms with Gasteiger partial charge in [-0.2, -0.15) is 0 Å². The first-order valence-electron chi connectivity index (χ1n) is 5.65. The Bertz CT molecular complexity index is 291. The Labute approximate surface area is 106 Å². The van der Waals surface area contributed by atoms with Gasteiger partial charge in [0.25, 0.3) is 0 Å². The first kappa shape index (κ1) is 13.8. The normalized spacial score (nSPS) is 18.5. The van der Waals surface area contributed by atoms with Crippen LogP contribution in [0.15, 0.2) is 10.3 Å². The quantitative estimate of drug-likeness (QED) is 0.767. The minimum absolute atomic E-state index is 0.0810. The zero-order chi connectivity index (χ0) is 12.0. The predicted octanol–water partition coefficient (Wildman–Crippen LogP) is 3.97. The molecule has 2 nitrogen and oxygen atoms in total. The standard InChI is InChI=1S/C12H18O2S2/c1-9(13)15-8-12(16-10(2)14)11-6-4-3-5-7-11/h8,11H,3-7H2,1-2H3/b12-8-. The van der Waals surface area contributed by atoms with Crippen molar-refractivity contribution in [3.8, 4) is 0 Å². The van der Waals surface area contributed by atoms with Gasteiger partial charge in [0, 0.05) is 18.8 Å². The predicted molar refractivity (Wildman–Crippen MR) is 71.2 cm³/mol. The van der Waals surface area contributed by atoms with Crippen LogP contribution >= 0.6 is 23.5 Å². The van der Waals surface area contributed by atoms with E-state index in [0.29, 0.717) is 5.92 Å². The summed E-state index contributed by atoms with van der Waals surface area (Å²) in [4.78, 5) is 23.2. The zero-order valence-electron chi connectivity index (χ0n) is 9.82. The average Bonchev–Trinajstić information content (AvgIpc) is 2.25. The average molecular weight is 258 g/mol. The van der Waals surface area contributed by atoms with E-state index < -0.39 is 0 Å². The second kappa shape index (κ2) is 7.17. The highest BCUT2D eigenvalue weighted by atomic mass is 32.2. The smallest absolute Gasteiger partial charge is 0.190 e. The number of thioether (sulfide) groups is 2. The van der Waals surface area contributed by atoms with Crippen molar-refractivity contribution in [1.29, 1.82) is 0 Å². The molecule has 0 aromatic heterocycles. The molecule has 4 heteroatoms. The Morgan fingerprint density at radius 2 is 1.69 bits per heavy atom. The van der Waals surface area contributed by atoms with Gasteiger partial charge in [-0.1, -0.05) is 42.8 Å². The summed E-state index contributed by atoms with van der Waals surface area (Å²) in [6, 6.07) is 0. The van der Waals surface area contributed by atoms with E-state index in [2.05, 4.69) is 0 Å². The van der Waals surface area contributed by atoms with Crippen LogP contribution < -0.4 is 0 Å². The molecule has 0 N–H and O–H groups in total. The van der Waals surface area contributed by atoms with Crippen molar-refractivity contribution in [1.82, 2.24) is 0 Å². The fourth-order valence-electron chi connectivity index (χ4n) is 1.90. The molecule has 1 aliphatic rings. The summed E-state index contributed by atoms with van der Waals surface area (Å²) in [7, 11) is 0. The van der Waals surface area contributed by atoms with Crippen LogP contribution in [0.2, 0.25) is 0 Å². The van der Waals surface area contributed by atoms with Gasteiger partial charge >= 0.3 is 0 Å². The van der Waals surface area contributed by atoms with Crippen molar-refractivity contribution in [2.45, 2.75) is 46.0 Å². The van der Waals surface area contributed by atoms with Gasteiger partial charge in [0.05, 0.1) is 0 Å². The molecule has 0 aromatic rings. The number of rotatable bonds is 3. The summed E-state index contributed by atoms with van der Waals surface area (Å²) in [6.07, 6.45) is 6.10. The highest BCUT2D eigenvalue weighted by molar-refractivity contribution is 8.19. The highest BCUT2D eigenvalue weighted by Gasteiger charge is 2.19. The number of carbonyl (C=O) groups excluding carboxylic acids is 2. The molecule has 0 amide bonds. The lowest BCUT2D eigenvalue weighted by atomic mass is 9.89. The van der Waals surface area contributed by atoms with Gasteiger partial charge in [-0.15, -0.1) is 0 Å². The first-order valence-corrected chi connectivity index (χ1v) is 7.35. The van der Waals surface area contributed by atoms with Gasteiger partial charge in [0.2, 0.25) is 0 Å². The summed E-state index contributed by atoms with van der Waals surface area (Å²) in [5.41, 5.74) is 0. The molecule has 1 saturated carbocycles. The van der Waals surface area contributed by atoms with Crippen molar-refractivity contribution in [2.24, 2.45) is 5.92 Å². The lowest BCUT2D eigenvalue weighted by Crippen LogP contribution is -2.08. The Kier molecular flexibility index (Phi) is 6.21. The van der Waals surface area contributed by atoms with Crippen LogP contribution in [0, 0.1) is 5.92 Å². The van der Waals surface area contributed by atoms with Crippen LogP contribution in [0.1, 0.15) is 46.0 Å². The summed E-state index contributed by atoms with van der Waals surface area (Å²) in [5, 5.41) is 2.07. The van der Waals surface area contributed by atoms with Crippen molar-refractivity contribution in [2.75, 3.05) is 0 Å². The number of hydrogen-bond donors (Lipinski definition) is 0. The highest BCUT2D eigenvalue weighted by Crippen LogP contribution is 2.37. The molecule has 1 fully saturated rings. The molecular weight excluding hydrogens is 240 g/mol. The molecule has 1 aliphatic carbocycles. The fraction of sp³-hybridized carbons (Fsp3) is 0.667. The van der Waals surface area contributed by atoms with Crippen LogP contribution in [-0.2, 0) is 9.59 Å². The van der Waals surface area contributed by atoms with Gasteiger partial charge in [0.15, 0.2) is 10.2 Å². The maximum atomic E-state index is 11.2. The summed E-state index contributed by atoms with van der Waals surface area (Å²) >= 11 is 2.50. The Morgan fingerprint density at radius 1 is 1.06 bits per heavy atom. The second-order valence-corrected chi connectivity index (χ2v) is 6.35. The molecule has 0 aliphatic heterocycles. The molecule has 0 bridgehead atoms. The molecule has 1 rings (SSSR count). The lowest BCUT2D eigenvalue weighted by Gasteiger charge is -2.23.